The van der Waals surface area contributed by atoms with Crippen molar-refractivity contribution in [3.8, 4) is 11.4 Å². The first-order chi connectivity index (χ1) is 13.6. The number of carbonyl (C=O) groups excluding carboxylic acids is 2. The van der Waals surface area contributed by atoms with E-state index in [9.17, 15) is 9.59 Å². The van der Waals surface area contributed by atoms with Gasteiger partial charge in [-0.25, -0.2) is 0 Å². The van der Waals surface area contributed by atoms with Crippen molar-refractivity contribution in [2.75, 3.05) is 19.5 Å². The van der Waals surface area contributed by atoms with Gasteiger partial charge in [-0.05, 0) is 12.1 Å². The van der Waals surface area contributed by atoms with E-state index in [-0.39, 0.29) is 5.75 Å². The molecule has 8 nitrogen and oxygen atoms in total. The van der Waals surface area contributed by atoms with Crippen molar-refractivity contribution >= 4 is 23.6 Å². The van der Waals surface area contributed by atoms with Gasteiger partial charge in [0.05, 0.1) is 18.9 Å². The van der Waals surface area contributed by atoms with Crippen molar-refractivity contribution < 1.29 is 14.3 Å². The van der Waals surface area contributed by atoms with Gasteiger partial charge >= 0.3 is 0 Å². The van der Waals surface area contributed by atoms with Crippen LogP contribution in [0.25, 0.3) is 11.4 Å². The minimum Gasteiger partial charge on any atom is -0.383 e. The van der Waals surface area contributed by atoms with Crippen LogP contribution in [-0.2, 0) is 23.1 Å². The van der Waals surface area contributed by atoms with Crippen molar-refractivity contribution in [3.63, 3.8) is 0 Å². The van der Waals surface area contributed by atoms with Crippen LogP contribution in [0.5, 0.6) is 0 Å². The summed E-state index contributed by atoms with van der Waals surface area (Å²) < 4.78 is 8.75. The van der Waals surface area contributed by atoms with Gasteiger partial charge in [-0.2, -0.15) is 0 Å². The predicted molar refractivity (Wildman–Crippen MR) is 106 cm³/mol. The van der Waals surface area contributed by atoms with Crippen LogP contribution in [0.4, 0.5) is 0 Å². The molecule has 0 saturated carbocycles. The number of methoxy groups -OCH3 is 1. The van der Waals surface area contributed by atoms with Crippen LogP contribution >= 0.6 is 11.8 Å². The number of aryl methyl sites for hydroxylation is 1. The molecule has 9 heteroatoms. The largest absolute Gasteiger partial charge is 0.383 e. The molecule has 0 aliphatic carbocycles. The fourth-order valence-corrected chi connectivity index (χ4v) is 3.40. The van der Waals surface area contributed by atoms with Crippen LogP contribution in [0.2, 0.25) is 0 Å². The second-order valence-electron chi connectivity index (χ2n) is 5.99. The third kappa shape index (κ3) is 4.68. The van der Waals surface area contributed by atoms with Gasteiger partial charge in [0.25, 0.3) is 5.91 Å². The molecule has 2 heterocycles. The second kappa shape index (κ2) is 9.34. The summed E-state index contributed by atoms with van der Waals surface area (Å²) in [5.41, 5.74) is 1.36. The lowest BCUT2D eigenvalue weighted by Crippen LogP contribution is -2.33. The van der Waals surface area contributed by atoms with Crippen molar-refractivity contribution in [2.45, 2.75) is 11.7 Å². The van der Waals surface area contributed by atoms with E-state index in [1.807, 2.05) is 34.9 Å². The highest BCUT2D eigenvalue weighted by Gasteiger charge is 2.17. The molecule has 0 saturated heterocycles. The Labute approximate surface area is 166 Å². The third-order valence-electron chi connectivity index (χ3n) is 4.03. The number of thioether (sulfide) groups is 1. The van der Waals surface area contributed by atoms with Gasteiger partial charge in [-0.15, -0.1) is 10.2 Å². The Morgan fingerprint density at radius 1 is 1.14 bits per heavy atom. The molecule has 1 N–H and O–H groups in total. The number of carbonyl (C=O) groups is 2. The Morgan fingerprint density at radius 2 is 1.93 bits per heavy atom. The van der Waals surface area contributed by atoms with Crippen LogP contribution in [-0.4, -0.2) is 50.6 Å². The summed E-state index contributed by atoms with van der Waals surface area (Å²) in [4.78, 5) is 24.3. The zero-order valence-corrected chi connectivity index (χ0v) is 16.5. The first-order valence-electron chi connectivity index (χ1n) is 8.66. The predicted octanol–water partition coefficient (Wildman–Crippen LogP) is 1.98. The molecule has 0 unspecified atom stereocenters. The number of hydrogen-bond acceptors (Lipinski definition) is 6. The fourth-order valence-electron chi connectivity index (χ4n) is 2.63. The minimum absolute atomic E-state index is 0.0517. The van der Waals surface area contributed by atoms with Crippen LogP contribution < -0.4 is 5.32 Å². The second-order valence-corrected chi connectivity index (χ2v) is 6.93. The molecule has 0 radical (unpaired) electrons. The molecule has 2 aromatic heterocycles. The summed E-state index contributed by atoms with van der Waals surface area (Å²) in [6.07, 6.45) is 1.75. The Morgan fingerprint density at radius 3 is 2.61 bits per heavy atom. The van der Waals surface area contributed by atoms with Gasteiger partial charge in [0.1, 0.15) is 5.69 Å². The van der Waals surface area contributed by atoms with Gasteiger partial charge in [0.2, 0.25) is 5.91 Å². The van der Waals surface area contributed by atoms with Crippen molar-refractivity contribution in [2.24, 2.45) is 7.05 Å². The highest BCUT2D eigenvalue weighted by Crippen LogP contribution is 2.23. The molecule has 0 fully saturated rings. The number of ether oxygens (including phenoxy) is 1. The SMILES string of the molecule is COCCn1c(SCC(=O)NC(=O)c2cccn2C)nnc1-c1ccccc1. The molecule has 0 aliphatic rings. The average molecular weight is 399 g/mol. The Balaban J connectivity index is 1.68. The number of hydrogen-bond donors (Lipinski definition) is 1. The van der Waals surface area contributed by atoms with Crippen LogP contribution in [0.3, 0.4) is 0 Å². The number of imide groups is 1. The molecular formula is C19H21N5O3S. The average Bonchev–Trinajstić information content (AvgIpc) is 3.31. The van der Waals surface area contributed by atoms with Crippen molar-refractivity contribution in [1.82, 2.24) is 24.6 Å². The quantitative estimate of drug-likeness (QED) is 0.583. The maximum atomic E-state index is 12.2. The standard InChI is InChI=1S/C19H21N5O3S/c1-23-10-6-9-15(23)18(26)20-16(25)13-28-19-22-21-17(24(19)11-12-27-2)14-7-4-3-5-8-14/h3-10H,11-13H2,1-2H3,(H,20,25,26). The number of aromatic nitrogens is 4. The lowest BCUT2D eigenvalue weighted by molar-refractivity contribution is -0.117. The maximum absolute atomic E-state index is 12.2. The minimum atomic E-state index is -0.427. The van der Waals surface area contributed by atoms with E-state index < -0.39 is 11.8 Å². The maximum Gasteiger partial charge on any atom is 0.274 e. The highest BCUT2D eigenvalue weighted by molar-refractivity contribution is 7.99. The molecule has 0 aliphatic heterocycles. The van der Waals surface area contributed by atoms with E-state index in [4.69, 9.17) is 4.74 Å². The summed E-state index contributed by atoms with van der Waals surface area (Å²) in [7, 11) is 3.37. The first-order valence-corrected chi connectivity index (χ1v) is 9.64. The molecule has 1 aromatic carbocycles. The van der Waals surface area contributed by atoms with Crippen LogP contribution in [0, 0.1) is 0 Å². The first kappa shape index (κ1) is 19.8. The molecule has 0 atom stereocenters. The molecule has 3 aromatic rings. The molecule has 28 heavy (non-hydrogen) atoms. The lowest BCUT2D eigenvalue weighted by atomic mass is 10.2. The van der Waals surface area contributed by atoms with Crippen LogP contribution in [0.15, 0.2) is 53.8 Å². The van der Waals surface area contributed by atoms with Crippen molar-refractivity contribution in [1.29, 1.82) is 0 Å². The van der Waals surface area contributed by atoms with Crippen LogP contribution in [0.1, 0.15) is 10.5 Å². The Hall–Kier alpha value is -2.91. The van der Waals surface area contributed by atoms with Crippen molar-refractivity contribution in [3.05, 3.63) is 54.4 Å². The smallest absolute Gasteiger partial charge is 0.274 e. The van der Waals surface area contributed by atoms with E-state index in [1.165, 1.54) is 11.8 Å². The van der Waals surface area contributed by atoms with Gasteiger partial charge < -0.3 is 9.30 Å². The molecule has 0 bridgehead atoms. The van der Waals surface area contributed by atoms with Gasteiger partial charge in [0, 0.05) is 25.9 Å². The third-order valence-corrected chi connectivity index (χ3v) is 5.00. The van der Waals surface area contributed by atoms with E-state index in [0.29, 0.717) is 29.8 Å². The van der Waals surface area contributed by atoms with Gasteiger partial charge in [0.15, 0.2) is 11.0 Å². The monoisotopic (exact) mass is 399 g/mol. The van der Waals surface area contributed by atoms with E-state index >= 15 is 0 Å². The lowest BCUT2D eigenvalue weighted by Gasteiger charge is -2.10. The zero-order valence-electron chi connectivity index (χ0n) is 15.7. The molecule has 2 amide bonds. The highest BCUT2D eigenvalue weighted by atomic mass is 32.2. The fraction of sp³-hybridized carbons (Fsp3) is 0.263. The Kier molecular flexibility index (Phi) is 6.62. The molecule has 0 spiro atoms. The van der Waals surface area contributed by atoms with E-state index in [0.717, 1.165) is 5.56 Å². The van der Waals surface area contributed by atoms with E-state index in [1.54, 1.807) is 37.1 Å². The zero-order chi connectivity index (χ0) is 19.9. The summed E-state index contributed by atoms with van der Waals surface area (Å²) in [5.74, 6) is -0.0566. The number of benzene rings is 1. The topological polar surface area (TPSA) is 91.0 Å². The van der Waals surface area contributed by atoms with Gasteiger partial charge in [-0.1, -0.05) is 42.1 Å². The molecular weight excluding hydrogens is 378 g/mol. The number of amides is 2. The molecule has 146 valence electrons. The summed E-state index contributed by atoms with van der Waals surface area (Å²) in [6.45, 7) is 1.05. The number of nitrogens with one attached hydrogen (secondary N) is 1. The normalized spacial score (nSPS) is 10.8. The Bertz CT molecular complexity index is 952. The summed E-state index contributed by atoms with van der Waals surface area (Å²) in [5, 5.41) is 11.5. The number of nitrogens with zero attached hydrogens (tertiary/aromatic N) is 4. The van der Waals surface area contributed by atoms with E-state index in [2.05, 4.69) is 15.5 Å². The number of rotatable bonds is 8. The van der Waals surface area contributed by atoms with Gasteiger partial charge in [-0.3, -0.25) is 19.5 Å². The molecule has 3 rings (SSSR count). The summed E-state index contributed by atoms with van der Waals surface area (Å²) >= 11 is 1.23. The summed E-state index contributed by atoms with van der Waals surface area (Å²) in [6, 6.07) is 13.1.